The zero-order valence-electron chi connectivity index (χ0n) is 10.3. The van der Waals surface area contributed by atoms with Gasteiger partial charge in [0.15, 0.2) is 0 Å². The van der Waals surface area contributed by atoms with E-state index in [1.807, 2.05) is 17.8 Å². The van der Waals surface area contributed by atoms with Gasteiger partial charge in [-0.3, -0.25) is 4.79 Å². The quantitative estimate of drug-likeness (QED) is 0.747. The van der Waals surface area contributed by atoms with Gasteiger partial charge in [0.25, 0.3) is 0 Å². The second kappa shape index (κ2) is 6.74. The molecule has 0 spiro atoms. The van der Waals surface area contributed by atoms with Crippen LogP contribution in [0.2, 0.25) is 0 Å². The average molecular weight is 236 g/mol. The van der Waals surface area contributed by atoms with Crippen molar-refractivity contribution in [3.05, 3.63) is 35.9 Å². The smallest absolute Gasteiger partial charge is 0.133 e. The highest BCUT2D eigenvalue weighted by atomic mass is 32.2. The van der Waals surface area contributed by atoms with E-state index in [1.54, 1.807) is 6.92 Å². The van der Waals surface area contributed by atoms with Crippen LogP contribution in [0.3, 0.4) is 0 Å². The van der Waals surface area contributed by atoms with Crippen molar-refractivity contribution in [1.82, 2.24) is 0 Å². The molecule has 1 rings (SSSR count). The van der Waals surface area contributed by atoms with Crippen LogP contribution in [0.15, 0.2) is 30.3 Å². The molecule has 0 N–H and O–H groups in total. The summed E-state index contributed by atoms with van der Waals surface area (Å²) in [4.78, 5) is 11.4. The van der Waals surface area contributed by atoms with Crippen LogP contribution in [0.25, 0.3) is 0 Å². The second-order valence-electron chi connectivity index (χ2n) is 4.46. The van der Waals surface area contributed by atoms with E-state index in [0.29, 0.717) is 11.7 Å². The number of hydrogen-bond donors (Lipinski definition) is 0. The Morgan fingerprint density at radius 1 is 1.25 bits per heavy atom. The number of thioether (sulfide) groups is 1. The third kappa shape index (κ3) is 4.40. The van der Waals surface area contributed by atoms with Crippen molar-refractivity contribution in [3.63, 3.8) is 0 Å². The van der Waals surface area contributed by atoms with Gasteiger partial charge in [-0.1, -0.05) is 44.2 Å². The predicted octanol–water partition coefficient (Wildman–Crippen LogP) is 3.78. The van der Waals surface area contributed by atoms with E-state index in [4.69, 9.17) is 0 Å². The Hall–Kier alpha value is -0.760. The van der Waals surface area contributed by atoms with Crippen LogP contribution in [0, 0.1) is 11.8 Å². The van der Waals surface area contributed by atoms with Crippen LogP contribution in [-0.4, -0.2) is 11.5 Å². The molecule has 1 aromatic rings. The third-order valence-electron chi connectivity index (χ3n) is 2.74. The number of rotatable bonds is 6. The maximum Gasteiger partial charge on any atom is 0.133 e. The molecule has 2 heteroatoms. The molecule has 0 aromatic heterocycles. The monoisotopic (exact) mass is 236 g/mol. The number of Topliss-reactive ketones (excluding diaryl/α,β-unsaturated/α-hetero) is 1. The van der Waals surface area contributed by atoms with E-state index in [2.05, 4.69) is 38.1 Å². The fraction of sp³-hybridized carbons (Fsp3) is 0.500. The van der Waals surface area contributed by atoms with E-state index in [0.717, 1.165) is 11.5 Å². The lowest BCUT2D eigenvalue weighted by Gasteiger charge is -2.17. The van der Waals surface area contributed by atoms with Crippen molar-refractivity contribution in [1.29, 1.82) is 0 Å². The van der Waals surface area contributed by atoms with Crippen LogP contribution >= 0.6 is 11.8 Å². The maximum atomic E-state index is 11.4. The van der Waals surface area contributed by atoms with Crippen molar-refractivity contribution in [2.45, 2.75) is 26.5 Å². The van der Waals surface area contributed by atoms with Crippen molar-refractivity contribution < 1.29 is 4.79 Å². The molecule has 0 bridgehead atoms. The van der Waals surface area contributed by atoms with E-state index < -0.39 is 0 Å². The molecular weight excluding hydrogens is 216 g/mol. The summed E-state index contributed by atoms with van der Waals surface area (Å²) < 4.78 is 0. The fourth-order valence-corrected chi connectivity index (χ4v) is 3.08. The summed E-state index contributed by atoms with van der Waals surface area (Å²) in [6, 6.07) is 10.4. The van der Waals surface area contributed by atoms with E-state index in [9.17, 15) is 4.79 Å². The van der Waals surface area contributed by atoms with Gasteiger partial charge in [-0.2, -0.15) is 11.8 Å². The molecule has 0 radical (unpaired) electrons. The van der Waals surface area contributed by atoms with Crippen LogP contribution in [0.4, 0.5) is 0 Å². The van der Waals surface area contributed by atoms with Gasteiger partial charge in [0, 0.05) is 17.4 Å². The molecule has 0 saturated carbocycles. The summed E-state index contributed by atoms with van der Waals surface area (Å²) in [6.45, 7) is 5.94. The molecule has 1 atom stereocenters. The number of hydrogen-bond acceptors (Lipinski definition) is 2. The van der Waals surface area contributed by atoms with Crippen molar-refractivity contribution in [2.75, 3.05) is 5.75 Å². The molecule has 0 heterocycles. The summed E-state index contributed by atoms with van der Waals surface area (Å²) in [5.41, 5.74) is 1.33. The summed E-state index contributed by atoms with van der Waals surface area (Å²) in [5, 5.41) is 0. The van der Waals surface area contributed by atoms with Crippen molar-refractivity contribution >= 4 is 17.5 Å². The fourth-order valence-electron chi connectivity index (χ4n) is 1.66. The van der Waals surface area contributed by atoms with Crippen molar-refractivity contribution in [3.8, 4) is 0 Å². The minimum Gasteiger partial charge on any atom is -0.300 e. The Kier molecular flexibility index (Phi) is 5.61. The maximum absolute atomic E-state index is 11.4. The molecule has 16 heavy (non-hydrogen) atoms. The molecule has 0 aliphatic heterocycles. The van der Waals surface area contributed by atoms with Crippen LogP contribution < -0.4 is 0 Å². The normalized spacial score (nSPS) is 12.8. The highest BCUT2D eigenvalue weighted by Crippen LogP contribution is 2.21. The summed E-state index contributed by atoms with van der Waals surface area (Å²) >= 11 is 1.85. The standard InChI is InChI=1S/C14H20OS/c1-11(2)14(12(3)15)10-16-9-13-7-5-4-6-8-13/h4-8,11,14H,9-10H2,1-3H3. The zero-order valence-corrected chi connectivity index (χ0v) is 11.1. The van der Waals surface area contributed by atoms with E-state index in [-0.39, 0.29) is 5.92 Å². The van der Waals surface area contributed by atoms with Gasteiger partial charge < -0.3 is 0 Å². The minimum absolute atomic E-state index is 0.203. The molecule has 0 aliphatic rings. The highest BCUT2D eigenvalue weighted by molar-refractivity contribution is 7.98. The van der Waals surface area contributed by atoms with E-state index in [1.165, 1.54) is 5.56 Å². The number of ketones is 1. The lowest BCUT2D eigenvalue weighted by Crippen LogP contribution is -2.20. The molecule has 0 saturated heterocycles. The lowest BCUT2D eigenvalue weighted by molar-refractivity contribution is -0.121. The first-order valence-corrected chi connectivity index (χ1v) is 6.89. The van der Waals surface area contributed by atoms with Crippen molar-refractivity contribution in [2.24, 2.45) is 11.8 Å². The van der Waals surface area contributed by atoms with Gasteiger partial charge in [-0.15, -0.1) is 0 Å². The molecule has 1 nitrogen and oxygen atoms in total. The van der Waals surface area contributed by atoms with Crippen LogP contribution in [0.5, 0.6) is 0 Å². The first kappa shape index (κ1) is 13.3. The van der Waals surface area contributed by atoms with Gasteiger partial charge in [0.2, 0.25) is 0 Å². The topological polar surface area (TPSA) is 17.1 Å². The first-order valence-electron chi connectivity index (χ1n) is 5.73. The summed E-state index contributed by atoms with van der Waals surface area (Å²) in [7, 11) is 0. The first-order chi connectivity index (χ1) is 7.61. The number of carbonyl (C=O) groups is 1. The number of carbonyl (C=O) groups excluding carboxylic acids is 1. The van der Waals surface area contributed by atoms with Gasteiger partial charge in [-0.25, -0.2) is 0 Å². The lowest BCUT2D eigenvalue weighted by atomic mass is 9.94. The Labute approximate surface area is 103 Å². The summed E-state index contributed by atoms with van der Waals surface area (Å²) in [6.07, 6.45) is 0. The second-order valence-corrected chi connectivity index (χ2v) is 5.49. The summed E-state index contributed by atoms with van der Waals surface area (Å²) in [5.74, 6) is 2.89. The zero-order chi connectivity index (χ0) is 12.0. The average Bonchev–Trinajstić information content (AvgIpc) is 2.24. The van der Waals surface area contributed by atoms with Gasteiger partial charge >= 0.3 is 0 Å². The molecular formula is C14H20OS. The third-order valence-corrected chi connectivity index (χ3v) is 3.87. The van der Waals surface area contributed by atoms with Gasteiger partial charge in [0.1, 0.15) is 5.78 Å². The molecule has 0 aliphatic carbocycles. The largest absolute Gasteiger partial charge is 0.300 e. The molecule has 1 unspecified atom stereocenters. The molecule has 88 valence electrons. The van der Waals surface area contributed by atoms with E-state index >= 15 is 0 Å². The molecule has 1 aromatic carbocycles. The van der Waals surface area contributed by atoms with Crippen LogP contribution in [-0.2, 0) is 10.5 Å². The Bertz CT molecular complexity index is 319. The Morgan fingerprint density at radius 3 is 2.38 bits per heavy atom. The highest BCUT2D eigenvalue weighted by Gasteiger charge is 2.17. The van der Waals surface area contributed by atoms with Crippen LogP contribution in [0.1, 0.15) is 26.3 Å². The predicted molar refractivity (Wildman–Crippen MR) is 71.6 cm³/mol. The Balaban J connectivity index is 2.37. The molecule has 0 fully saturated rings. The molecule has 0 amide bonds. The Morgan fingerprint density at radius 2 is 1.88 bits per heavy atom. The SMILES string of the molecule is CC(=O)C(CSCc1ccccc1)C(C)C. The minimum atomic E-state index is 0.203. The van der Waals surface area contributed by atoms with Gasteiger partial charge in [0.05, 0.1) is 0 Å². The number of benzene rings is 1. The van der Waals surface area contributed by atoms with Gasteiger partial charge in [-0.05, 0) is 18.4 Å².